The van der Waals surface area contributed by atoms with E-state index in [0.29, 0.717) is 13.0 Å². The van der Waals surface area contributed by atoms with E-state index in [9.17, 15) is 19.5 Å². The topological polar surface area (TPSA) is 95.9 Å². The molecule has 3 aliphatic rings. The Morgan fingerprint density at radius 3 is 2.32 bits per heavy atom. The van der Waals surface area contributed by atoms with Gasteiger partial charge in [0.25, 0.3) is 0 Å². The van der Waals surface area contributed by atoms with Crippen LogP contribution in [0.2, 0.25) is 0 Å². The van der Waals surface area contributed by atoms with Crippen LogP contribution in [0.4, 0.5) is 4.79 Å². The summed E-state index contributed by atoms with van der Waals surface area (Å²) in [6, 6.07) is 14.6. The highest BCUT2D eigenvalue weighted by molar-refractivity contribution is 5.90. The van der Waals surface area contributed by atoms with Crippen molar-refractivity contribution in [1.29, 1.82) is 0 Å². The van der Waals surface area contributed by atoms with Gasteiger partial charge in [-0.1, -0.05) is 61.9 Å². The molecule has 178 valence electrons. The zero-order valence-corrected chi connectivity index (χ0v) is 19.3. The lowest BCUT2D eigenvalue weighted by Gasteiger charge is -2.28. The molecule has 1 aliphatic heterocycles. The number of fused-ring (bicyclic) bond motifs is 4. The molecule has 7 heteroatoms. The third-order valence-electron chi connectivity index (χ3n) is 7.77. The van der Waals surface area contributed by atoms with Gasteiger partial charge in [-0.3, -0.25) is 4.79 Å². The number of ether oxygens (including phenoxy) is 1. The molecule has 0 spiro atoms. The van der Waals surface area contributed by atoms with Crippen LogP contribution in [-0.4, -0.2) is 53.2 Å². The lowest BCUT2D eigenvalue weighted by atomic mass is 9.94. The fourth-order valence-corrected chi connectivity index (χ4v) is 6.17. The van der Waals surface area contributed by atoms with Crippen LogP contribution in [0.1, 0.15) is 49.7 Å². The molecule has 2 aliphatic carbocycles. The van der Waals surface area contributed by atoms with Crippen molar-refractivity contribution in [3.05, 3.63) is 59.7 Å². The smallest absolute Gasteiger partial charge is 0.407 e. The Morgan fingerprint density at radius 2 is 1.71 bits per heavy atom. The number of nitrogens with one attached hydrogen (secondary N) is 1. The number of carboxylic acid groups (broad SMARTS) is 1. The SMILES string of the molecule is CC[C@@H](NC(=O)OCC1c2ccccc2-c2ccccc21)C(=O)N1CC2CCCC2C1C(=O)O. The number of alkyl carbamates (subject to hydrolysis) is 1. The van der Waals surface area contributed by atoms with Gasteiger partial charge in [-0.05, 0) is 53.4 Å². The van der Waals surface area contributed by atoms with Crippen molar-refractivity contribution in [1.82, 2.24) is 10.2 Å². The molecule has 1 heterocycles. The van der Waals surface area contributed by atoms with Crippen molar-refractivity contribution in [3.8, 4) is 11.1 Å². The molecule has 2 amide bonds. The minimum absolute atomic E-state index is 0.00779. The van der Waals surface area contributed by atoms with Crippen LogP contribution in [-0.2, 0) is 14.3 Å². The van der Waals surface area contributed by atoms with Gasteiger partial charge >= 0.3 is 12.1 Å². The van der Waals surface area contributed by atoms with Crippen LogP contribution in [0.15, 0.2) is 48.5 Å². The lowest BCUT2D eigenvalue weighted by Crippen LogP contribution is -2.52. The van der Waals surface area contributed by atoms with E-state index >= 15 is 0 Å². The molecule has 1 saturated heterocycles. The van der Waals surface area contributed by atoms with Crippen molar-refractivity contribution < 1.29 is 24.2 Å². The number of rotatable bonds is 6. The normalized spacial score (nSPS) is 23.7. The minimum atomic E-state index is -0.959. The molecular formula is C27H30N2O5. The second-order valence-electron chi connectivity index (χ2n) is 9.56. The summed E-state index contributed by atoms with van der Waals surface area (Å²) in [4.78, 5) is 39.3. The summed E-state index contributed by atoms with van der Waals surface area (Å²) in [6.45, 7) is 2.42. The Balaban J connectivity index is 1.25. The number of amides is 2. The quantitative estimate of drug-likeness (QED) is 0.676. The van der Waals surface area contributed by atoms with E-state index < -0.39 is 24.1 Å². The highest BCUT2D eigenvalue weighted by Gasteiger charge is 2.50. The van der Waals surface area contributed by atoms with Crippen LogP contribution in [0.5, 0.6) is 0 Å². The highest BCUT2D eigenvalue weighted by Crippen LogP contribution is 2.45. The maximum Gasteiger partial charge on any atom is 0.407 e. The third-order valence-corrected chi connectivity index (χ3v) is 7.77. The lowest BCUT2D eigenvalue weighted by molar-refractivity contribution is -0.150. The molecule has 2 N–H and O–H groups in total. The van der Waals surface area contributed by atoms with Crippen LogP contribution in [0.25, 0.3) is 11.1 Å². The molecular weight excluding hydrogens is 432 g/mol. The summed E-state index contributed by atoms with van der Waals surface area (Å²) in [5, 5.41) is 12.5. The summed E-state index contributed by atoms with van der Waals surface area (Å²) in [5.41, 5.74) is 4.53. The number of hydrogen-bond acceptors (Lipinski definition) is 4. The molecule has 3 unspecified atom stereocenters. The standard InChI is InChI=1S/C27H30N2O5/c1-2-23(25(30)29-14-16-8-7-13-17(16)24(29)26(31)32)28-27(33)34-15-22-20-11-5-3-9-18(20)19-10-4-6-12-21(19)22/h3-6,9-12,16-17,22-24H,2,7-8,13-15H2,1H3,(H,28,33)(H,31,32)/t16?,17?,23-,24?/m1/s1. The van der Waals surface area contributed by atoms with Gasteiger partial charge in [-0.25, -0.2) is 9.59 Å². The van der Waals surface area contributed by atoms with Crippen molar-refractivity contribution in [2.45, 2.75) is 50.6 Å². The molecule has 0 bridgehead atoms. The number of hydrogen-bond donors (Lipinski definition) is 2. The van der Waals surface area contributed by atoms with Gasteiger partial charge in [0.05, 0.1) is 0 Å². The van der Waals surface area contributed by atoms with Crippen LogP contribution in [0.3, 0.4) is 0 Å². The molecule has 1 saturated carbocycles. The van der Waals surface area contributed by atoms with E-state index in [1.807, 2.05) is 24.3 Å². The molecule has 0 radical (unpaired) electrons. The first-order chi connectivity index (χ1) is 16.5. The van der Waals surface area contributed by atoms with E-state index in [2.05, 4.69) is 29.6 Å². The van der Waals surface area contributed by atoms with E-state index in [1.165, 1.54) is 4.90 Å². The fraction of sp³-hybridized carbons (Fsp3) is 0.444. The van der Waals surface area contributed by atoms with Crippen molar-refractivity contribution >= 4 is 18.0 Å². The Morgan fingerprint density at radius 1 is 1.06 bits per heavy atom. The number of likely N-dealkylation sites (tertiary alicyclic amines) is 1. The number of benzene rings is 2. The number of nitrogens with zero attached hydrogens (tertiary/aromatic N) is 1. The Hall–Kier alpha value is -3.35. The van der Waals surface area contributed by atoms with Gasteiger partial charge in [0.15, 0.2) is 0 Å². The van der Waals surface area contributed by atoms with Crippen molar-refractivity contribution in [2.24, 2.45) is 11.8 Å². The van der Waals surface area contributed by atoms with Crippen LogP contribution in [0, 0.1) is 11.8 Å². The van der Waals surface area contributed by atoms with Crippen molar-refractivity contribution in [3.63, 3.8) is 0 Å². The predicted octanol–water partition coefficient (Wildman–Crippen LogP) is 4.02. The number of carbonyl (C=O) groups is 3. The van der Waals surface area contributed by atoms with E-state index in [0.717, 1.165) is 41.5 Å². The Bertz CT molecular complexity index is 1070. The number of carboxylic acids is 1. The average Bonchev–Trinajstić information content (AvgIpc) is 3.52. The summed E-state index contributed by atoms with van der Waals surface area (Å²) in [6.07, 6.45) is 2.50. The highest BCUT2D eigenvalue weighted by atomic mass is 16.5. The largest absolute Gasteiger partial charge is 0.480 e. The van der Waals surface area contributed by atoms with Crippen LogP contribution >= 0.6 is 0 Å². The first-order valence-electron chi connectivity index (χ1n) is 12.1. The summed E-state index contributed by atoms with van der Waals surface area (Å²) in [5.74, 6) is -1.12. The van der Waals surface area contributed by atoms with Gasteiger partial charge in [0.2, 0.25) is 5.91 Å². The maximum atomic E-state index is 13.2. The van der Waals surface area contributed by atoms with E-state index in [1.54, 1.807) is 6.92 Å². The predicted molar refractivity (Wildman–Crippen MR) is 126 cm³/mol. The van der Waals surface area contributed by atoms with Crippen molar-refractivity contribution in [2.75, 3.05) is 13.2 Å². The Kier molecular flexibility index (Phi) is 6.02. The first-order valence-corrected chi connectivity index (χ1v) is 12.1. The zero-order chi connectivity index (χ0) is 23.8. The maximum absolute atomic E-state index is 13.2. The molecule has 4 atom stereocenters. The van der Waals surface area contributed by atoms with E-state index in [4.69, 9.17) is 4.74 Å². The molecule has 34 heavy (non-hydrogen) atoms. The zero-order valence-electron chi connectivity index (χ0n) is 19.3. The van der Waals surface area contributed by atoms with Gasteiger partial charge in [0, 0.05) is 12.5 Å². The minimum Gasteiger partial charge on any atom is -0.480 e. The second kappa shape index (κ2) is 9.12. The van der Waals surface area contributed by atoms with Gasteiger partial charge < -0.3 is 20.1 Å². The summed E-state index contributed by atoms with van der Waals surface area (Å²) < 4.78 is 5.60. The molecule has 2 aromatic carbocycles. The first kappa shape index (κ1) is 22.4. The second-order valence-corrected chi connectivity index (χ2v) is 9.56. The average molecular weight is 463 g/mol. The molecule has 2 aromatic rings. The number of aliphatic carboxylic acids is 1. The van der Waals surface area contributed by atoms with E-state index in [-0.39, 0.29) is 30.3 Å². The molecule has 0 aromatic heterocycles. The summed E-state index contributed by atoms with van der Waals surface area (Å²) >= 11 is 0. The fourth-order valence-electron chi connectivity index (χ4n) is 6.17. The third kappa shape index (κ3) is 3.83. The summed E-state index contributed by atoms with van der Waals surface area (Å²) in [7, 11) is 0. The van der Waals surface area contributed by atoms with Gasteiger partial charge in [-0.2, -0.15) is 0 Å². The molecule has 2 fully saturated rings. The number of carbonyl (C=O) groups excluding carboxylic acids is 2. The van der Waals surface area contributed by atoms with Gasteiger partial charge in [0.1, 0.15) is 18.7 Å². The van der Waals surface area contributed by atoms with Crippen LogP contribution < -0.4 is 5.32 Å². The Labute approximate surface area is 199 Å². The van der Waals surface area contributed by atoms with Gasteiger partial charge in [-0.15, -0.1) is 0 Å². The monoisotopic (exact) mass is 462 g/mol. The molecule has 7 nitrogen and oxygen atoms in total. The molecule has 5 rings (SSSR count).